The highest BCUT2D eigenvalue weighted by Gasteiger charge is 2.27. The SMILES string of the molecule is CCC(C)C(N)C(=O)N(Cc1ccc(C)o1)C(C)C. The molecule has 0 aliphatic carbocycles. The topological polar surface area (TPSA) is 59.5 Å². The summed E-state index contributed by atoms with van der Waals surface area (Å²) < 4.78 is 5.55. The number of hydrogen-bond acceptors (Lipinski definition) is 3. The molecule has 1 aromatic rings. The Bertz CT molecular complexity index is 412. The first-order valence-electron chi connectivity index (χ1n) is 6.98. The first-order valence-corrected chi connectivity index (χ1v) is 6.98. The minimum atomic E-state index is -0.441. The van der Waals surface area contributed by atoms with Crippen molar-refractivity contribution >= 4 is 5.91 Å². The molecule has 1 aromatic heterocycles. The number of rotatable bonds is 6. The predicted molar refractivity (Wildman–Crippen MR) is 76.6 cm³/mol. The van der Waals surface area contributed by atoms with Gasteiger partial charge in [-0.25, -0.2) is 0 Å². The van der Waals surface area contributed by atoms with Gasteiger partial charge < -0.3 is 15.1 Å². The summed E-state index contributed by atoms with van der Waals surface area (Å²) in [6.07, 6.45) is 0.901. The molecule has 2 atom stereocenters. The zero-order chi connectivity index (χ0) is 14.6. The molecular weight excluding hydrogens is 240 g/mol. The minimum Gasteiger partial charge on any atom is -0.464 e. The second kappa shape index (κ2) is 6.75. The molecule has 0 spiro atoms. The predicted octanol–water partition coefficient (Wildman–Crippen LogP) is 2.70. The maximum Gasteiger partial charge on any atom is 0.240 e. The zero-order valence-electron chi connectivity index (χ0n) is 12.6. The first kappa shape index (κ1) is 15.8. The maximum atomic E-state index is 12.5. The van der Waals surface area contributed by atoms with Crippen molar-refractivity contribution in [1.29, 1.82) is 0 Å². The van der Waals surface area contributed by atoms with E-state index in [1.165, 1.54) is 0 Å². The highest BCUT2D eigenvalue weighted by Crippen LogP contribution is 2.15. The van der Waals surface area contributed by atoms with Crippen LogP contribution in [-0.4, -0.2) is 22.9 Å². The summed E-state index contributed by atoms with van der Waals surface area (Å²) in [4.78, 5) is 14.2. The fourth-order valence-electron chi connectivity index (χ4n) is 1.94. The summed E-state index contributed by atoms with van der Waals surface area (Å²) in [5.74, 6) is 1.85. The third-order valence-corrected chi connectivity index (χ3v) is 3.57. The lowest BCUT2D eigenvalue weighted by atomic mass is 9.98. The third-order valence-electron chi connectivity index (χ3n) is 3.57. The van der Waals surface area contributed by atoms with Crippen molar-refractivity contribution in [2.75, 3.05) is 0 Å². The molecule has 0 bridgehead atoms. The lowest BCUT2D eigenvalue weighted by molar-refractivity contribution is -0.136. The molecule has 0 fully saturated rings. The zero-order valence-corrected chi connectivity index (χ0v) is 12.6. The van der Waals surface area contributed by atoms with Crippen LogP contribution in [0.1, 0.15) is 45.6 Å². The smallest absolute Gasteiger partial charge is 0.240 e. The molecule has 1 rings (SSSR count). The van der Waals surface area contributed by atoms with Gasteiger partial charge in [-0.2, -0.15) is 0 Å². The highest BCUT2D eigenvalue weighted by atomic mass is 16.3. The van der Waals surface area contributed by atoms with Crippen molar-refractivity contribution in [2.24, 2.45) is 11.7 Å². The standard InChI is InChI=1S/C15H26N2O2/c1-6-11(4)14(16)15(18)17(10(2)3)9-13-8-7-12(5)19-13/h7-8,10-11,14H,6,9,16H2,1-5H3. The molecule has 0 aromatic carbocycles. The van der Waals surface area contributed by atoms with Crippen LogP contribution in [0.15, 0.2) is 16.5 Å². The van der Waals surface area contributed by atoms with E-state index in [1.54, 1.807) is 4.90 Å². The van der Waals surface area contributed by atoms with E-state index >= 15 is 0 Å². The van der Waals surface area contributed by atoms with Gasteiger partial charge in [0, 0.05) is 6.04 Å². The molecule has 19 heavy (non-hydrogen) atoms. The van der Waals surface area contributed by atoms with Crippen molar-refractivity contribution in [3.8, 4) is 0 Å². The molecule has 4 nitrogen and oxygen atoms in total. The van der Waals surface area contributed by atoms with E-state index in [-0.39, 0.29) is 17.9 Å². The number of aryl methyl sites for hydroxylation is 1. The molecule has 0 radical (unpaired) electrons. The molecular formula is C15H26N2O2. The summed E-state index contributed by atoms with van der Waals surface area (Å²) in [5.41, 5.74) is 6.05. The second-order valence-electron chi connectivity index (χ2n) is 5.48. The maximum absolute atomic E-state index is 12.5. The Labute approximate surface area is 116 Å². The van der Waals surface area contributed by atoms with Crippen LogP contribution < -0.4 is 5.73 Å². The van der Waals surface area contributed by atoms with Crippen molar-refractivity contribution < 1.29 is 9.21 Å². The van der Waals surface area contributed by atoms with Crippen molar-refractivity contribution in [3.63, 3.8) is 0 Å². The average molecular weight is 266 g/mol. The Morgan fingerprint density at radius 1 is 1.37 bits per heavy atom. The van der Waals surface area contributed by atoms with E-state index in [0.717, 1.165) is 17.9 Å². The number of carbonyl (C=O) groups is 1. The van der Waals surface area contributed by atoms with E-state index in [2.05, 4.69) is 0 Å². The summed E-state index contributed by atoms with van der Waals surface area (Å²) in [6, 6.07) is 3.48. The summed E-state index contributed by atoms with van der Waals surface area (Å²) in [5, 5.41) is 0. The fourth-order valence-corrected chi connectivity index (χ4v) is 1.94. The molecule has 2 N–H and O–H groups in total. The number of carbonyl (C=O) groups excluding carboxylic acids is 1. The average Bonchev–Trinajstić information content (AvgIpc) is 2.78. The van der Waals surface area contributed by atoms with Gasteiger partial charge in [-0.1, -0.05) is 20.3 Å². The lowest BCUT2D eigenvalue weighted by Crippen LogP contribution is -2.49. The van der Waals surface area contributed by atoms with Gasteiger partial charge in [-0.3, -0.25) is 4.79 Å². The van der Waals surface area contributed by atoms with Gasteiger partial charge >= 0.3 is 0 Å². The van der Waals surface area contributed by atoms with Crippen LogP contribution in [0.4, 0.5) is 0 Å². The van der Waals surface area contributed by atoms with Crippen molar-refractivity contribution in [3.05, 3.63) is 23.7 Å². The monoisotopic (exact) mass is 266 g/mol. The van der Waals surface area contributed by atoms with Crippen LogP contribution in [0, 0.1) is 12.8 Å². The summed E-state index contributed by atoms with van der Waals surface area (Å²) in [6.45, 7) is 10.4. The Balaban J connectivity index is 2.80. The molecule has 0 aliphatic rings. The van der Waals surface area contributed by atoms with Gasteiger partial charge in [0.15, 0.2) is 0 Å². The summed E-state index contributed by atoms with van der Waals surface area (Å²) >= 11 is 0. The van der Waals surface area contributed by atoms with E-state index in [1.807, 2.05) is 46.8 Å². The van der Waals surface area contributed by atoms with Crippen LogP contribution in [-0.2, 0) is 11.3 Å². The number of amides is 1. The van der Waals surface area contributed by atoms with Crippen LogP contribution in [0.3, 0.4) is 0 Å². The molecule has 0 aliphatic heterocycles. The molecule has 1 amide bonds. The second-order valence-corrected chi connectivity index (χ2v) is 5.48. The Morgan fingerprint density at radius 2 is 2.00 bits per heavy atom. The Kier molecular flexibility index (Phi) is 5.60. The number of furan rings is 1. The first-order chi connectivity index (χ1) is 8.86. The molecule has 2 unspecified atom stereocenters. The van der Waals surface area contributed by atoms with Crippen LogP contribution in [0.25, 0.3) is 0 Å². The Morgan fingerprint density at radius 3 is 2.42 bits per heavy atom. The molecule has 0 saturated carbocycles. The van der Waals surface area contributed by atoms with Gasteiger partial charge in [0.25, 0.3) is 0 Å². The van der Waals surface area contributed by atoms with E-state index in [9.17, 15) is 4.79 Å². The number of hydrogen-bond donors (Lipinski definition) is 1. The largest absolute Gasteiger partial charge is 0.464 e. The van der Waals surface area contributed by atoms with Crippen LogP contribution in [0.2, 0.25) is 0 Å². The molecule has 1 heterocycles. The molecule has 4 heteroatoms. The van der Waals surface area contributed by atoms with Crippen LogP contribution >= 0.6 is 0 Å². The van der Waals surface area contributed by atoms with Gasteiger partial charge in [-0.05, 0) is 38.8 Å². The fraction of sp³-hybridized carbons (Fsp3) is 0.667. The molecule has 0 saturated heterocycles. The van der Waals surface area contributed by atoms with Gasteiger partial charge in [-0.15, -0.1) is 0 Å². The van der Waals surface area contributed by atoms with E-state index in [4.69, 9.17) is 10.2 Å². The number of nitrogens with two attached hydrogens (primary N) is 1. The van der Waals surface area contributed by atoms with Gasteiger partial charge in [0.2, 0.25) is 5.91 Å². The molecule has 108 valence electrons. The summed E-state index contributed by atoms with van der Waals surface area (Å²) in [7, 11) is 0. The minimum absolute atomic E-state index is 0.00148. The van der Waals surface area contributed by atoms with Gasteiger partial charge in [0.1, 0.15) is 11.5 Å². The van der Waals surface area contributed by atoms with E-state index < -0.39 is 6.04 Å². The van der Waals surface area contributed by atoms with Crippen molar-refractivity contribution in [1.82, 2.24) is 4.90 Å². The lowest BCUT2D eigenvalue weighted by Gasteiger charge is -2.30. The normalized spacial score (nSPS) is 14.5. The highest BCUT2D eigenvalue weighted by molar-refractivity contribution is 5.82. The van der Waals surface area contributed by atoms with Crippen LogP contribution in [0.5, 0.6) is 0 Å². The number of nitrogens with zero attached hydrogens (tertiary/aromatic N) is 1. The van der Waals surface area contributed by atoms with Crippen molar-refractivity contribution in [2.45, 2.75) is 59.7 Å². The third kappa shape index (κ3) is 4.10. The van der Waals surface area contributed by atoms with Gasteiger partial charge in [0.05, 0.1) is 12.6 Å². The van der Waals surface area contributed by atoms with E-state index in [0.29, 0.717) is 6.54 Å². The quantitative estimate of drug-likeness (QED) is 0.861. The Hall–Kier alpha value is -1.29.